The monoisotopic (exact) mass is 508 g/mol. The summed E-state index contributed by atoms with van der Waals surface area (Å²) < 4.78 is 11.9. The van der Waals surface area contributed by atoms with Crippen molar-refractivity contribution in [2.24, 2.45) is 5.92 Å². The first-order chi connectivity index (χ1) is 17.6. The van der Waals surface area contributed by atoms with Crippen LogP contribution in [0.2, 0.25) is 5.82 Å². The number of nitrogens with one attached hydrogen (secondary N) is 1. The fraction of sp³-hybridized carbons (Fsp3) is 0.481. The van der Waals surface area contributed by atoms with Gasteiger partial charge in [0.05, 0.1) is 18.3 Å². The number of carbonyl (C=O) groups excluding carboxylic acids is 3. The van der Waals surface area contributed by atoms with Gasteiger partial charge in [0.25, 0.3) is 11.9 Å². The molecule has 1 aromatic carbocycles. The third-order valence-corrected chi connectivity index (χ3v) is 7.22. The van der Waals surface area contributed by atoms with E-state index in [9.17, 15) is 19.5 Å². The number of aliphatic hydroxyl groups excluding tert-OH is 1. The van der Waals surface area contributed by atoms with Crippen LogP contribution in [0.4, 0.5) is 0 Å². The number of aromatic nitrogens is 1. The van der Waals surface area contributed by atoms with Crippen molar-refractivity contribution >= 4 is 24.3 Å². The number of nitrogens with zero attached hydrogens (tertiary/aromatic N) is 2. The summed E-state index contributed by atoms with van der Waals surface area (Å²) in [6.07, 6.45) is -0.560. The fourth-order valence-corrected chi connectivity index (χ4v) is 5.50. The molecule has 0 saturated carbocycles. The van der Waals surface area contributed by atoms with Crippen molar-refractivity contribution in [3.05, 3.63) is 54.2 Å². The molecular formula is C27H35BN3O6-. The van der Waals surface area contributed by atoms with Gasteiger partial charge in [0, 0.05) is 12.2 Å². The first-order valence-electron chi connectivity index (χ1n) is 12.9. The van der Waals surface area contributed by atoms with E-state index in [1.54, 1.807) is 18.2 Å². The standard InChI is InChI=1S/C27H35BN3O6/c1-17(2)13-21(28-31(15-25(34)37-28)18(3)16-36-28)14-24(33)26(19(4)32)30-27(35)23-12-8-11-22(29-23)20-9-6-5-7-10-20/h5-12,17-19,21,26,32H,13-16H2,1-4H3,(H,30,35)/q-1/t18-,19-,21-,26+,28?/m1/s1. The summed E-state index contributed by atoms with van der Waals surface area (Å²) in [6.45, 7) is 5.90. The van der Waals surface area contributed by atoms with Crippen LogP contribution in [0.3, 0.4) is 0 Å². The quantitative estimate of drug-likeness (QED) is 0.471. The second-order valence-electron chi connectivity index (χ2n) is 10.6. The topological polar surface area (TPSA) is 118 Å². The van der Waals surface area contributed by atoms with Crippen molar-refractivity contribution in [1.29, 1.82) is 0 Å². The second-order valence-corrected chi connectivity index (χ2v) is 10.6. The number of hydrogen-bond acceptors (Lipinski definition) is 8. The number of amides is 1. The van der Waals surface area contributed by atoms with E-state index < -0.39 is 30.6 Å². The fourth-order valence-electron chi connectivity index (χ4n) is 5.50. The number of aliphatic hydroxyl groups is 1. The molecule has 0 bridgehead atoms. The molecule has 1 amide bonds. The molecule has 5 atom stereocenters. The zero-order chi connectivity index (χ0) is 26.7. The third kappa shape index (κ3) is 5.76. The lowest BCUT2D eigenvalue weighted by molar-refractivity contribution is -0.133. The van der Waals surface area contributed by atoms with Gasteiger partial charge in [-0.1, -0.05) is 69.4 Å². The highest BCUT2D eigenvalue weighted by atomic mass is 16.7. The van der Waals surface area contributed by atoms with Crippen LogP contribution in [0.15, 0.2) is 48.5 Å². The largest absolute Gasteiger partial charge is 0.652 e. The predicted molar refractivity (Wildman–Crippen MR) is 139 cm³/mol. The van der Waals surface area contributed by atoms with Crippen molar-refractivity contribution in [1.82, 2.24) is 15.1 Å². The Morgan fingerprint density at radius 1 is 1.16 bits per heavy atom. The van der Waals surface area contributed by atoms with Gasteiger partial charge in [0.2, 0.25) is 0 Å². The Labute approximate surface area is 217 Å². The van der Waals surface area contributed by atoms with Crippen molar-refractivity contribution in [3.8, 4) is 11.3 Å². The summed E-state index contributed by atoms with van der Waals surface area (Å²) >= 11 is 0. The first kappa shape index (κ1) is 27.0. The molecule has 10 heteroatoms. The predicted octanol–water partition coefficient (Wildman–Crippen LogP) is 2.82. The van der Waals surface area contributed by atoms with Crippen LogP contribution in [-0.2, 0) is 18.9 Å². The van der Waals surface area contributed by atoms with Crippen LogP contribution in [0.25, 0.3) is 11.3 Å². The molecule has 0 spiro atoms. The first-order valence-corrected chi connectivity index (χ1v) is 12.9. The summed E-state index contributed by atoms with van der Waals surface area (Å²) in [6, 6.07) is 13.4. The number of hydrogen-bond donors (Lipinski definition) is 2. The minimum Gasteiger partial charge on any atom is -0.652 e. The van der Waals surface area contributed by atoms with Gasteiger partial charge in [0.15, 0.2) is 5.78 Å². The Kier molecular flexibility index (Phi) is 8.11. The lowest BCUT2D eigenvalue weighted by atomic mass is 9.53. The minimum atomic E-state index is -2.14. The molecule has 4 rings (SSSR count). The number of ketones is 1. The smallest absolute Gasteiger partial charge is 0.378 e. The summed E-state index contributed by atoms with van der Waals surface area (Å²) in [5.41, 5.74) is 1.63. The zero-order valence-corrected chi connectivity index (χ0v) is 21.8. The Balaban J connectivity index is 1.53. The lowest BCUT2D eigenvalue weighted by Crippen LogP contribution is -2.55. The van der Waals surface area contributed by atoms with Gasteiger partial charge in [-0.2, -0.15) is 0 Å². The summed E-state index contributed by atoms with van der Waals surface area (Å²) in [5.74, 6) is -1.46. The number of benzene rings is 1. The van der Waals surface area contributed by atoms with Gasteiger partial charge in [0.1, 0.15) is 11.7 Å². The maximum atomic E-state index is 13.5. The number of fused-ring (bicyclic) bond motifs is 1. The molecule has 1 aromatic heterocycles. The van der Waals surface area contributed by atoms with Gasteiger partial charge >= 0.3 is 6.69 Å². The van der Waals surface area contributed by atoms with Crippen molar-refractivity contribution in [2.45, 2.75) is 64.5 Å². The van der Waals surface area contributed by atoms with E-state index in [2.05, 4.69) is 10.3 Å². The maximum absolute atomic E-state index is 13.5. The maximum Gasteiger partial charge on any atom is 0.378 e. The molecule has 2 saturated heterocycles. The van der Waals surface area contributed by atoms with Gasteiger partial charge in [-0.05, 0) is 37.4 Å². The Morgan fingerprint density at radius 3 is 2.57 bits per heavy atom. The molecular weight excluding hydrogens is 473 g/mol. The number of Topliss-reactive ketones (excluding diaryl/α,β-unsaturated/α-hetero) is 1. The van der Waals surface area contributed by atoms with Crippen LogP contribution in [0.5, 0.6) is 0 Å². The second kappa shape index (κ2) is 11.1. The van der Waals surface area contributed by atoms with Crippen LogP contribution < -0.4 is 5.32 Å². The van der Waals surface area contributed by atoms with Crippen molar-refractivity contribution in [2.75, 3.05) is 13.2 Å². The normalized spacial score (nSPS) is 23.8. The van der Waals surface area contributed by atoms with Gasteiger partial charge in [-0.25, -0.2) is 4.98 Å². The molecule has 0 aliphatic carbocycles. The molecule has 9 nitrogen and oxygen atoms in total. The Morgan fingerprint density at radius 2 is 1.89 bits per heavy atom. The van der Waals surface area contributed by atoms with E-state index in [1.807, 2.05) is 55.9 Å². The highest BCUT2D eigenvalue weighted by molar-refractivity contribution is 6.70. The Bertz CT molecular complexity index is 1140. The number of carbonyl (C=O) groups is 3. The van der Waals surface area contributed by atoms with Gasteiger partial charge in [-0.3, -0.25) is 14.4 Å². The average Bonchev–Trinajstić information content (AvgIpc) is 3.37. The van der Waals surface area contributed by atoms with Gasteiger partial charge < -0.3 is 24.5 Å². The molecule has 1 unspecified atom stereocenters. The zero-order valence-electron chi connectivity index (χ0n) is 21.8. The van der Waals surface area contributed by atoms with E-state index >= 15 is 0 Å². The minimum absolute atomic E-state index is 0.00792. The highest BCUT2D eigenvalue weighted by Crippen LogP contribution is 2.43. The molecule has 2 aliphatic heterocycles. The van der Waals surface area contributed by atoms with E-state index in [1.165, 1.54) is 6.92 Å². The van der Waals surface area contributed by atoms with Crippen molar-refractivity contribution < 1.29 is 28.8 Å². The van der Waals surface area contributed by atoms with Crippen LogP contribution >= 0.6 is 0 Å². The Hall–Kier alpha value is -3.08. The van der Waals surface area contributed by atoms with Crippen molar-refractivity contribution in [3.63, 3.8) is 0 Å². The van der Waals surface area contributed by atoms with Crippen LogP contribution in [-0.4, -0.2) is 70.6 Å². The molecule has 2 N–H and O–H groups in total. The van der Waals surface area contributed by atoms with E-state index in [0.717, 1.165) is 5.56 Å². The van der Waals surface area contributed by atoms with Crippen LogP contribution in [0.1, 0.15) is 51.0 Å². The molecule has 2 aliphatic rings. The molecule has 2 fully saturated rings. The van der Waals surface area contributed by atoms with E-state index in [-0.39, 0.29) is 42.4 Å². The highest BCUT2D eigenvalue weighted by Gasteiger charge is 2.55. The van der Waals surface area contributed by atoms with E-state index in [0.29, 0.717) is 18.7 Å². The SMILES string of the molecule is CC(C)C[C@H](CC(=O)[C@@H](NC(=O)c1cccc(-c2ccccc2)n1)[C@@H](C)O)[B-]12OC[C@@H](C)N1CC(=O)O2. The lowest BCUT2D eigenvalue weighted by Gasteiger charge is -2.44. The summed E-state index contributed by atoms with van der Waals surface area (Å²) in [7, 11) is 0. The molecule has 2 aromatic rings. The van der Waals surface area contributed by atoms with Gasteiger partial charge in [-0.15, -0.1) is 0 Å². The molecule has 198 valence electrons. The number of pyridine rings is 1. The average molecular weight is 508 g/mol. The molecule has 37 heavy (non-hydrogen) atoms. The molecule has 3 heterocycles. The van der Waals surface area contributed by atoms with E-state index in [4.69, 9.17) is 9.31 Å². The third-order valence-electron chi connectivity index (χ3n) is 7.22. The summed E-state index contributed by atoms with van der Waals surface area (Å²) in [5, 5.41) is 13.1. The van der Waals surface area contributed by atoms with Crippen LogP contribution in [0, 0.1) is 5.92 Å². The number of rotatable bonds is 10. The summed E-state index contributed by atoms with van der Waals surface area (Å²) in [4.78, 5) is 45.3. The molecule has 0 radical (unpaired) electrons.